The Kier molecular flexibility index (Phi) is 2.99. The predicted molar refractivity (Wildman–Crippen MR) is 45.3 cm³/mol. The summed E-state index contributed by atoms with van der Waals surface area (Å²) in [4.78, 5) is 3.84. The molecule has 0 aliphatic heterocycles. The van der Waals surface area contributed by atoms with Gasteiger partial charge < -0.3 is 4.52 Å². The molecule has 0 fully saturated rings. The zero-order chi connectivity index (χ0) is 9.90. The number of rotatable bonds is 4. The van der Waals surface area contributed by atoms with Crippen molar-refractivity contribution in [3.63, 3.8) is 0 Å². The summed E-state index contributed by atoms with van der Waals surface area (Å²) in [6, 6.07) is 0. The van der Waals surface area contributed by atoms with Crippen LogP contribution in [-0.2, 0) is 16.6 Å². The molecule has 7 heteroatoms. The highest BCUT2D eigenvalue weighted by Gasteiger charge is 2.09. The summed E-state index contributed by atoms with van der Waals surface area (Å²) in [5.74, 6) is 0.806. The molecule has 13 heavy (non-hydrogen) atoms. The van der Waals surface area contributed by atoms with E-state index in [9.17, 15) is 8.42 Å². The Balaban J connectivity index is 2.53. The van der Waals surface area contributed by atoms with Gasteiger partial charge in [0, 0.05) is 0 Å². The number of aryl methyl sites for hydroxylation is 1. The average molecular weight is 205 g/mol. The van der Waals surface area contributed by atoms with Crippen molar-refractivity contribution in [1.82, 2.24) is 14.9 Å². The smallest absolute Gasteiger partial charge is 0.241 e. The van der Waals surface area contributed by atoms with Crippen molar-refractivity contribution < 1.29 is 12.9 Å². The molecule has 0 aromatic carbocycles. The summed E-state index contributed by atoms with van der Waals surface area (Å²) in [5, 5.41) is 3.52. The molecule has 1 aromatic rings. The Labute approximate surface area is 76.4 Å². The fourth-order valence-electron chi connectivity index (χ4n) is 0.686. The molecule has 0 radical (unpaired) electrons. The first kappa shape index (κ1) is 10.1. The summed E-state index contributed by atoms with van der Waals surface area (Å²) >= 11 is 0. The first-order valence-corrected chi connectivity index (χ1v) is 5.45. The largest absolute Gasteiger partial charge is 0.338 e. The highest BCUT2D eigenvalue weighted by Crippen LogP contribution is 1.95. The van der Waals surface area contributed by atoms with E-state index < -0.39 is 10.0 Å². The van der Waals surface area contributed by atoms with Crippen LogP contribution < -0.4 is 4.72 Å². The number of aromatic nitrogens is 2. The molecule has 0 bridgehead atoms. The molecule has 1 heterocycles. The molecule has 0 atom stereocenters. The Morgan fingerprint density at radius 1 is 1.54 bits per heavy atom. The minimum absolute atomic E-state index is 0.0418. The van der Waals surface area contributed by atoms with Gasteiger partial charge in [0.15, 0.2) is 5.82 Å². The second kappa shape index (κ2) is 3.84. The van der Waals surface area contributed by atoms with Crippen LogP contribution in [0.3, 0.4) is 0 Å². The van der Waals surface area contributed by atoms with Crippen LogP contribution in [0, 0.1) is 6.92 Å². The molecular formula is C6H11N3O3S. The highest BCUT2D eigenvalue weighted by molar-refractivity contribution is 7.89. The molecule has 6 nitrogen and oxygen atoms in total. The van der Waals surface area contributed by atoms with Crippen molar-refractivity contribution in [1.29, 1.82) is 0 Å². The van der Waals surface area contributed by atoms with E-state index in [4.69, 9.17) is 4.52 Å². The van der Waals surface area contributed by atoms with E-state index >= 15 is 0 Å². The van der Waals surface area contributed by atoms with Crippen LogP contribution in [0.5, 0.6) is 0 Å². The Morgan fingerprint density at radius 2 is 2.23 bits per heavy atom. The molecule has 1 rings (SSSR count). The van der Waals surface area contributed by atoms with Crippen LogP contribution in [0.4, 0.5) is 0 Å². The lowest BCUT2D eigenvalue weighted by molar-refractivity contribution is 0.372. The third-order valence-electron chi connectivity index (χ3n) is 1.39. The first-order chi connectivity index (χ1) is 6.03. The van der Waals surface area contributed by atoms with Gasteiger partial charge in [-0.05, 0) is 13.8 Å². The average Bonchev–Trinajstić information content (AvgIpc) is 2.48. The van der Waals surface area contributed by atoms with Gasteiger partial charge >= 0.3 is 0 Å². The summed E-state index contributed by atoms with van der Waals surface area (Å²) in [6.07, 6.45) is 0. The predicted octanol–water partition coefficient (Wildman–Crippen LogP) is -0.183. The van der Waals surface area contributed by atoms with Crippen LogP contribution in [0.2, 0.25) is 0 Å². The second-order valence-electron chi connectivity index (χ2n) is 2.46. The van der Waals surface area contributed by atoms with Crippen LogP contribution >= 0.6 is 0 Å². The van der Waals surface area contributed by atoms with E-state index in [-0.39, 0.29) is 18.2 Å². The van der Waals surface area contributed by atoms with E-state index in [2.05, 4.69) is 14.9 Å². The Bertz CT molecular complexity index is 370. The third-order valence-corrected chi connectivity index (χ3v) is 2.74. The molecule has 0 amide bonds. The minimum Gasteiger partial charge on any atom is -0.338 e. The van der Waals surface area contributed by atoms with Gasteiger partial charge in [-0.15, -0.1) is 0 Å². The number of nitrogens with one attached hydrogen (secondary N) is 1. The zero-order valence-corrected chi connectivity index (χ0v) is 8.26. The van der Waals surface area contributed by atoms with Crippen molar-refractivity contribution in [2.75, 3.05) is 5.75 Å². The van der Waals surface area contributed by atoms with Gasteiger partial charge in [-0.25, -0.2) is 13.1 Å². The summed E-state index contributed by atoms with van der Waals surface area (Å²) in [5.41, 5.74) is 0. The van der Waals surface area contributed by atoms with E-state index in [1.165, 1.54) is 0 Å². The molecule has 74 valence electrons. The highest BCUT2D eigenvalue weighted by atomic mass is 32.2. The molecule has 0 spiro atoms. The lowest BCUT2D eigenvalue weighted by Gasteiger charge is -1.98. The maximum Gasteiger partial charge on any atom is 0.241 e. The molecule has 1 aromatic heterocycles. The van der Waals surface area contributed by atoms with Gasteiger partial charge in [0.25, 0.3) is 0 Å². The molecule has 1 N–H and O–H groups in total. The van der Waals surface area contributed by atoms with Gasteiger partial charge in [-0.2, -0.15) is 4.98 Å². The summed E-state index contributed by atoms with van der Waals surface area (Å²) in [6.45, 7) is 3.28. The minimum atomic E-state index is -3.19. The van der Waals surface area contributed by atoms with Crippen molar-refractivity contribution >= 4 is 10.0 Å². The molecule has 0 saturated carbocycles. The lowest BCUT2D eigenvalue weighted by Crippen LogP contribution is -2.24. The normalized spacial score (nSPS) is 11.8. The van der Waals surface area contributed by atoms with Crippen LogP contribution in [0.25, 0.3) is 0 Å². The van der Waals surface area contributed by atoms with Crippen LogP contribution in [0.1, 0.15) is 18.6 Å². The van der Waals surface area contributed by atoms with Crippen molar-refractivity contribution in [3.05, 3.63) is 11.7 Å². The molecular weight excluding hydrogens is 194 g/mol. The van der Waals surface area contributed by atoms with E-state index in [1.54, 1.807) is 13.8 Å². The SMILES string of the molecule is CCS(=O)(=O)NCc1nc(C)no1. The molecule has 0 unspecified atom stereocenters. The standard InChI is InChI=1S/C6H11N3O3S/c1-3-13(10,11)7-4-6-8-5(2)9-12-6/h7H,3-4H2,1-2H3. The lowest BCUT2D eigenvalue weighted by atomic mass is 10.6. The number of nitrogens with zero attached hydrogens (tertiary/aromatic N) is 2. The van der Waals surface area contributed by atoms with Gasteiger partial charge in [0.05, 0.1) is 12.3 Å². The van der Waals surface area contributed by atoms with Gasteiger partial charge in [0.2, 0.25) is 15.9 Å². The van der Waals surface area contributed by atoms with Crippen molar-refractivity contribution in [3.8, 4) is 0 Å². The fourth-order valence-corrected chi connectivity index (χ4v) is 1.23. The zero-order valence-electron chi connectivity index (χ0n) is 7.44. The summed E-state index contributed by atoms with van der Waals surface area (Å²) in [7, 11) is -3.19. The van der Waals surface area contributed by atoms with Gasteiger partial charge in [0.1, 0.15) is 0 Å². The maximum atomic E-state index is 11.0. The number of sulfonamides is 1. The quantitative estimate of drug-likeness (QED) is 0.736. The third kappa shape index (κ3) is 3.11. The van der Waals surface area contributed by atoms with Crippen LogP contribution in [-0.4, -0.2) is 24.3 Å². The second-order valence-corrected chi connectivity index (χ2v) is 4.56. The maximum absolute atomic E-state index is 11.0. The number of hydrogen-bond acceptors (Lipinski definition) is 5. The van der Waals surface area contributed by atoms with E-state index in [1.807, 2.05) is 0 Å². The van der Waals surface area contributed by atoms with Gasteiger partial charge in [-0.1, -0.05) is 5.16 Å². The van der Waals surface area contributed by atoms with E-state index in [0.717, 1.165) is 0 Å². The monoisotopic (exact) mass is 205 g/mol. The van der Waals surface area contributed by atoms with Gasteiger partial charge in [-0.3, -0.25) is 0 Å². The number of hydrogen-bond donors (Lipinski definition) is 1. The Morgan fingerprint density at radius 3 is 2.69 bits per heavy atom. The molecule has 0 aliphatic carbocycles. The van der Waals surface area contributed by atoms with Crippen LogP contribution in [0.15, 0.2) is 4.52 Å². The fraction of sp³-hybridized carbons (Fsp3) is 0.667. The van der Waals surface area contributed by atoms with E-state index in [0.29, 0.717) is 5.82 Å². The summed E-state index contributed by atoms with van der Waals surface area (Å²) < 4.78 is 29.0. The molecule has 0 aliphatic rings. The van der Waals surface area contributed by atoms with Crippen molar-refractivity contribution in [2.24, 2.45) is 0 Å². The topological polar surface area (TPSA) is 85.1 Å². The first-order valence-electron chi connectivity index (χ1n) is 3.80. The molecule has 0 saturated heterocycles. The Hall–Kier alpha value is -0.950. The van der Waals surface area contributed by atoms with Crippen molar-refractivity contribution in [2.45, 2.75) is 20.4 Å².